The Hall–Kier alpha value is -3.22. The van der Waals surface area contributed by atoms with Crippen LogP contribution in [0.5, 0.6) is 0 Å². The van der Waals surface area contributed by atoms with Gasteiger partial charge in [-0.2, -0.15) is 4.98 Å². The van der Waals surface area contributed by atoms with E-state index in [-0.39, 0.29) is 29.8 Å². The summed E-state index contributed by atoms with van der Waals surface area (Å²) in [4.78, 5) is 15.7. The molecule has 0 aliphatic carbocycles. The number of carbonyl (C=O) groups excluding carboxylic acids is 1. The van der Waals surface area contributed by atoms with Crippen molar-refractivity contribution < 1.29 is 9.18 Å². The van der Waals surface area contributed by atoms with Gasteiger partial charge in [0.15, 0.2) is 0 Å². The van der Waals surface area contributed by atoms with Crippen LogP contribution in [0.3, 0.4) is 0 Å². The van der Waals surface area contributed by atoms with Gasteiger partial charge in [-0.25, -0.2) is 9.07 Å². The highest BCUT2D eigenvalue weighted by Gasteiger charge is 2.31. The molecular formula is C19H18FN5O. The lowest BCUT2D eigenvalue weighted by atomic mass is 9.93. The molecule has 1 aliphatic rings. The molecule has 0 unspecified atom stereocenters. The first-order valence-corrected chi connectivity index (χ1v) is 8.41. The monoisotopic (exact) mass is 351 g/mol. The summed E-state index contributed by atoms with van der Waals surface area (Å²) in [6.07, 6.45) is 0.728. The number of amides is 1. The van der Waals surface area contributed by atoms with E-state index in [4.69, 9.17) is 0 Å². The van der Waals surface area contributed by atoms with Crippen LogP contribution in [0.25, 0.3) is 0 Å². The van der Waals surface area contributed by atoms with E-state index >= 15 is 0 Å². The van der Waals surface area contributed by atoms with Crippen molar-refractivity contribution in [1.82, 2.24) is 14.8 Å². The third-order valence-corrected chi connectivity index (χ3v) is 4.43. The number of nitrogens with one attached hydrogen (secondary N) is 2. The lowest BCUT2D eigenvalue weighted by Gasteiger charge is -2.31. The van der Waals surface area contributed by atoms with Crippen molar-refractivity contribution >= 4 is 17.8 Å². The number of aromatic nitrogens is 3. The molecular weight excluding hydrogens is 333 g/mol. The summed E-state index contributed by atoms with van der Waals surface area (Å²) in [5.74, 6) is 0.315. The van der Waals surface area contributed by atoms with Gasteiger partial charge in [0.1, 0.15) is 5.82 Å². The third-order valence-electron chi connectivity index (χ3n) is 4.43. The first kappa shape index (κ1) is 16.3. The summed E-state index contributed by atoms with van der Waals surface area (Å²) in [5.41, 5.74) is 2.07. The van der Waals surface area contributed by atoms with Crippen LogP contribution in [0.4, 0.5) is 16.3 Å². The zero-order valence-electron chi connectivity index (χ0n) is 14.2. The number of halogens is 1. The Morgan fingerprint density at radius 3 is 2.58 bits per heavy atom. The molecule has 1 aliphatic heterocycles. The Kier molecular flexibility index (Phi) is 4.12. The smallest absolute Gasteiger partial charge is 0.250 e. The Bertz CT molecular complexity index is 923. The fraction of sp³-hybridized carbons (Fsp3) is 0.211. The number of carbonyl (C=O) groups is 1. The molecule has 7 heteroatoms. The topological polar surface area (TPSA) is 71.8 Å². The number of hydrogen-bond donors (Lipinski definition) is 2. The van der Waals surface area contributed by atoms with Crippen LogP contribution in [0.15, 0.2) is 54.6 Å². The minimum Gasteiger partial charge on any atom is -0.347 e. The van der Waals surface area contributed by atoms with Gasteiger partial charge in [0.05, 0.1) is 12.1 Å². The zero-order valence-corrected chi connectivity index (χ0v) is 14.2. The van der Waals surface area contributed by atoms with E-state index in [0.29, 0.717) is 5.95 Å². The van der Waals surface area contributed by atoms with Crippen LogP contribution in [0, 0.1) is 5.82 Å². The van der Waals surface area contributed by atoms with Crippen molar-refractivity contribution in [3.05, 3.63) is 71.5 Å². The molecule has 1 aromatic heterocycles. The van der Waals surface area contributed by atoms with E-state index in [2.05, 4.69) is 32.8 Å². The average molecular weight is 351 g/mol. The lowest BCUT2D eigenvalue weighted by molar-refractivity contribution is -0.114. The van der Waals surface area contributed by atoms with Gasteiger partial charge in [-0.3, -0.25) is 10.1 Å². The Morgan fingerprint density at radius 2 is 1.88 bits per heavy atom. The number of fused-ring (bicyclic) bond motifs is 1. The SMILES string of the molecule is CC(=O)Nc1nc2n(n1)[C@@H](c1ccc(F)cc1)C[C@H](c1ccccc1)N2. The van der Waals surface area contributed by atoms with Crippen molar-refractivity contribution in [2.24, 2.45) is 0 Å². The quantitative estimate of drug-likeness (QED) is 0.757. The predicted octanol–water partition coefficient (Wildman–Crippen LogP) is 3.52. The molecule has 0 spiro atoms. The molecule has 1 amide bonds. The van der Waals surface area contributed by atoms with Gasteiger partial charge in [0, 0.05) is 6.92 Å². The molecule has 2 atom stereocenters. The molecule has 2 heterocycles. The second-order valence-corrected chi connectivity index (χ2v) is 6.30. The van der Waals surface area contributed by atoms with E-state index in [1.807, 2.05) is 18.2 Å². The highest BCUT2D eigenvalue weighted by Crippen LogP contribution is 2.38. The highest BCUT2D eigenvalue weighted by molar-refractivity contribution is 5.86. The molecule has 0 bridgehead atoms. The van der Waals surface area contributed by atoms with Crippen LogP contribution in [0.1, 0.15) is 36.6 Å². The van der Waals surface area contributed by atoms with Crippen molar-refractivity contribution in [2.75, 3.05) is 10.6 Å². The van der Waals surface area contributed by atoms with Crippen LogP contribution < -0.4 is 10.6 Å². The molecule has 26 heavy (non-hydrogen) atoms. The number of hydrogen-bond acceptors (Lipinski definition) is 4. The van der Waals surface area contributed by atoms with Crippen molar-refractivity contribution in [2.45, 2.75) is 25.4 Å². The number of benzene rings is 2. The van der Waals surface area contributed by atoms with Crippen molar-refractivity contribution in [3.63, 3.8) is 0 Å². The maximum atomic E-state index is 13.3. The molecule has 2 N–H and O–H groups in total. The molecule has 0 fully saturated rings. The fourth-order valence-corrected chi connectivity index (χ4v) is 3.25. The van der Waals surface area contributed by atoms with Gasteiger partial charge < -0.3 is 5.32 Å². The van der Waals surface area contributed by atoms with Crippen molar-refractivity contribution in [3.8, 4) is 0 Å². The molecule has 0 radical (unpaired) electrons. The minimum absolute atomic E-state index is 0.0353. The largest absolute Gasteiger partial charge is 0.347 e. The summed E-state index contributed by atoms with van der Waals surface area (Å²) in [5, 5.41) is 10.4. The standard InChI is InChI=1S/C19H18FN5O/c1-12(26)21-18-23-19-22-16(13-5-3-2-4-6-13)11-17(25(19)24-18)14-7-9-15(20)10-8-14/h2-10,16-17H,11H2,1H3,(H2,21,22,23,24,26)/t16-,17-/m1/s1. The molecule has 6 nitrogen and oxygen atoms in total. The zero-order chi connectivity index (χ0) is 18.1. The molecule has 0 saturated heterocycles. The second kappa shape index (κ2) is 6.59. The van der Waals surface area contributed by atoms with Crippen molar-refractivity contribution in [1.29, 1.82) is 0 Å². The third kappa shape index (κ3) is 3.15. The summed E-state index contributed by atoms with van der Waals surface area (Å²) >= 11 is 0. The van der Waals surface area contributed by atoms with E-state index in [9.17, 15) is 9.18 Å². The van der Waals surface area contributed by atoms with Gasteiger partial charge in [0.25, 0.3) is 5.95 Å². The van der Waals surface area contributed by atoms with E-state index in [1.54, 1.807) is 16.8 Å². The van der Waals surface area contributed by atoms with Crippen LogP contribution in [0.2, 0.25) is 0 Å². The number of rotatable bonds is 3. The van der Waals surface area contributed by atoms with E-state index < -0.39 is 0 Å². The molecule has 3 aromatic rings. The van der Waals surface area contributed by atoms with Gasteiger partial charge in [-0.1, -0.05) is 42.5 Å². The molecule has 2 aromatic carbocycles. The second-order valence-electron chi connectivity index (χ2n) is 6.30. The molecule has 132 valence electrons. The summed E-state index contributed by atoms with van der Waals surface area (Å²) in [6.45, 7) is 1.41. The first-order chi connectivity index (χ1) is 12.6. The summed E-state index contributed by atoms with van der Waals surface area (Å²) in [6, 6.07) is 16.4. The number of anilines is 2. The lowest BCUT2D eigenvalue weighted by Crippen LogP contribution is -2.28. The highest BCUT2D eigenvalue weighted by atomic mass is 19.1. The van der Waals surface area contributed by atoms with Gasteiger partial charge in [-0.15, -0.1) is 5.10 Å². The molecule has 4 rings (SSSR count). The van der Waals surface area contributed by atoms with Crippen LogP contribution in [-0.4, -0.2) is 20.7 Å². The van der Waals surface area contributed by atoms with Gasteiger partial charge in [-0.05, 0) is 29.7 Å². The first-order valence-electron chi connectivity index (χ1n) is 8.41. The molecule has 0 saturated carbocycles. The Morgan fingerprint density at radius 1 is 1.15 bits per heavy atom. The Balaban J connectivity index is 1.75. The fourth-order valence-electron chi connectivity index (χ4n) is 3.25. The van der Waals surface area contributed by atoms with Gasteiger partial charge in [0.2, 0.25) is 11.9 Å². The Labute approximate surface area is 150 Å². The minimum atomic E-state index is -0.278. The van der Waals surface area contributed by atoms with Crippen LogP contribution in [-0.2, 0) is 4.79 Å². The maximum Gasteiger partial charge on any atom is 0.250 e. The normalized spacial score (nSPS) is 18.7. The number of nitrogens with zero attached hydrogens (tertiary/aromatic N) is 3. The average Bonchev–Trinajstić information content (AvgIpc) is 3.04. The van der Waals surface area contributed by atoms with Crippen LogP contribution >= 0.6 is 0 Å². The summed E-state index contributed by atoms with van der Waals surface area (Å²) < 4.78 is 15.1. The van der Waals surface area contributed by atoms with Gasteiger partial charge >= 0.3 is 0 Å². The predicted molar refractivity (Wildman–Crippen MR) is 96.3 cm³/mol. The van der Waals surface area contributed by atoms with E-state index in [1.165, 1.54) is 19.1 Å². The maximum absolute atomic E-state index is 13.3. The van der Waals surface area contributed by atoms with E-state index in [0.717, 1.165) is 17.5 Å². The summed E-state index contributed by atoms with van der Waals surface area (Å²) in [7, 11) is 0.